The van der Waals surface area contributed by atoms with E-state index in [-0.39, 0.29) is 13.4 Å². The monoisotopic (exact) mass is 211 g/mol. The molecule has 0 unspecified atom stereocenters. The molecule has 0 aliphatic rings. The lowest BCUT2D eigenvalue weighted by Gasteiger charge is -2.08. The number of para-hydroxylation sites is 2. The summed E-state index contributed by atoms with van der Waals surface area (Å²) in [6, 6.07) is 6.94. The summed E-state index contributed by atoms with van der Waals surface area (Å²) in [5, 5.41) is 0. The molecule has 82 valence electrons. The van der Waals surface area contributed by atoms with E-state index in [4.69, 9.17) is 10.5 Å². The molecule has 15 heavy (non-hydrogen) atoms. The van der Waals surface area contributed by atoms with Gasteiger partial charge in [-0.25, -0.2) is 4.79 Å². The summed E-state index contributed by atoms with van der Waals surface area (Å²) < 4.78 is 14.2. The van der Waals surface area contributed by atoms with Crippen molar-refractivity contribution in [2.45, 2.75) is 6.92 Å². The van der Waals surface area contributed by atoms with Gasteiger partial charge in [-0.05, 0) is 19.1 Å². The first kappa shape index (κ1) is 11.2. The van der Waals surface area contributed by atoms with Gasteiger partial charge in [-0.1, -0.05) is 12.1 Å². The first-order valence-corrected chi connectivity index (χ1v) is 4.51. The number of nitrogens with two attached hydrogens (primary N) is 1. The van der Waals surface area contributed by atoms with E-state index in [1.807, 2.05) is 0 Å². The Kier molecular flexibility index (Phi) is 4.28. The molecule has 0 bridgehead atoms. The Morgan fingerprint density at radius 3 is 2.73 bits per heavy atom. The van der Waals surface area contributed by atoms with Crippen molar-refractivity contribution in [2.75, 3.05) is 19.1 Å². The van der Waals surface area contributed by atoms with Crippen LogP contribution in [0.4, 0.5) is 10.5 Å². The first-order chi connectivity index (χ1) is 7.24. The van der Waals surface area contributed by atoms with E-state index in [1.54, 1.807) is 31.2 Å². The summed E-state index contributed by atoms with van der Waals surface area (Å²) in [5.41, 5.74) is 6.09. The second-order valence-electron chi connectivity index (χ2n) is 2.63. The molecule has 0 amide bonds. The maximum atomic E-state index is 10.8. The molecule has 1 aromatic rings. The summed E-state index contributed by atoms with van der Waals surface area (Å²) in [5.74, 6) is 0.474. The standard InChI is InChI=1S/C10H13NO4/c1-2-13-10(12)15-7-14-9-6-4-3-5-8(9)11/h3-6H,2,7,11H2,1H3. The number of carbonyl (C=O) groups is 1. The number of benzene rings is 1. The van der Waals surface area contributed by atoms with E-state index in [9.17, 15) is 4.79 Å². The molecule has 5 heteroatoms. The summed E-state index contributed by atoms with van der Waals surface area (Å²) in [4.78, 5) is 10.8. The summed E-state index contributed by atoms with van der Waals surface area (Å²) in [6.07, 6.45) is -0.757. The SMILES string of the molecule is CCOC(=O)OCOc1ccccc1N. The minimum absolute atomic E-state index is 0.215. The molecule has 0 atom stereocenters. The van der Waals surface area contributed by atoms with Crippen molar-refractivity contribution < 1.29 is 19.0 Å². The van der Waals surface area contributed by atoms with E-state index in [0.29, 0.717) is 11.4 Å². The normalized spacial score (nSPS) is 9.40. The molecule has 0 heterocycles. The molecular formula is C10H13NO4. The smallest absolute Gasteiger partial charge is 0.455 e. The lowest BCUT2D eigenvalue weighted by molar-refractivity contribution is 0.00713. The zero-order valence-electron chi connectivity index (χ0n) is 8.43. The highest BCUT2D eigenvalue weighted by Gasteiger charge is 2.03. The van der Waals surface area contributed by atoms with E-state index < -0.39 is 6.16 Å². The van der Waals surface area contributed by atoms with Crippen molar-refractivity contribution in [1.29, 1.82) is 0 Å². The highest BCUT2D eigenvalue weighted by atomic mass is 16.8. The molecular weight excluding hydrogens is 198 g/mol. The zero-order chi connectivity index (χ0) is 11.1. The lowest BCUT2D eigenvalue weighted by atomic mass is 10.3. The Bertz CT molecular complexity index is 327. The van der Waals surface area contributed by atoms with Gasteiger partial charge in [-0.15, -0.1) is 0 Å². The van der Waals surface area contributed by atoms with Gasteiger partial charge in [-0.3, -0.25) is 0 Å². The molecule has 0 fully saturated rings. The number of carbonyl (C=O) groups excluding carboxylic acids is 1. The molecule has 1 rings (SSSR count). The Morgan fingerprint density at radius 1 is 1.33 bits per heavy atom. The fraction of sp³-hybridized carbons (Fsp3) is 0.300. The molecule has 5 nitrogen and oxygen atoms in total. The van der Waals surface area contributed by atoms with Gasteiger partial charge in [0.05, 0.1) is 12.3 Å². The van der Waals surface area contributed by atoms with Gasteiger partial charge >= 0.3 is 6.16 Å². The number of hydrogen-bond acceptors (Lipinski definition) is 5. The van der Waals surface area contributed by atoms with E-state index in [1.165, 1.54) is 0 Å². The number of ether oxygens (including phenoxy) is 3. The van der Waals surface area contributed by atoms with Crippen LogP contribution in [0.3, 0.4) is 0 Å². The van der Waals surface area contributed by atoms with E-state index in [0.717, 1.165) is 0 Å². The van der Waals surface area contributed by atoms with Crippen LogP contribution >= 0.6 is 0 Å². The number of rotatable bonds is 4. The van der Waals surface area contributed by atoms with Gasteiger partial charge in [0, 0.05) is 0 Å². The topological polar surface area (TPSA) is 70.8 Å². The van der Waals surface area contributed by atoms with Gasteiger partial charge in [0.1, 0.15) is 5.75 Å². The highest BCUT2D eigenvalue weighted by molar-refractivity contribution is 5.59. The molecule has 0 saturated heterocycles. The van der Waals surface area contributed by atoms with Crippen molar-refractivity contribution in [3.05, 3.63) is 24.3 Å². The van der Waals surface area contributed by atoms with E-state index in [2.05, 4.69) is 9.47 Å². The minimum atomic E-state index is -0.757. The van der Waals surface area contributed by atoms with Gasteiger partial charge in [0.25, 0.3) is 0 Å². The number of hydrogen-bond donors (Lipinski definition) is 1. The van der Waals surface area contributed by atoms with Gasteiger partial charge in [0.15, 0.2) is 0 Å². The van der Waals surface area contributed by atoms with Gasteiger partial charge in [0.2, 0.25) is 6.79 Å². The summed E-state index contributed by atoms with van der Waals surface area (Å²) in [6.45, 7) is 1.75. The molecule has 0 aliphatic carbocycles. The van der Waals surface area contributed by atoms with Crippen LogP contribution in [-0.2, 0) is 9.47 Å². The average Bonchev–Trinajstić information content (AvgIpc) is 2.21. The summed E-state index contributed by atoms with van der Waals surface area (Å²) in [7, 11) is 0. The predicted octanol–water partition coefficient (Wildman–Crippen LogP) is 1.78. The van der Waals surface area contributed by atoms with Crippen LogP contribution < -0.4 is 10.5 Å². The summed E-state index contributed by atoms with van der Waals surface area (Å²) >= 11 is 0. The molecule has 2 N–H and O–H groups in total. The number of nitrogen functional groups attached to an aromatic ring is 1. The van der Waals surface area contributed by atoms with Crippen molar-refractivity contribution in [3.63, 3.8) is 0 Å². The molecule has 0 spiro atoms. The average molecular weight is 211 g/mol. The molecule has 0 aromatic heterocycles. The fourth-order valence-corrected chi connectivity index (χ4v) is 0.913. The van der Waals surface area contributed by atoms with Crippen LogP contribution in [0.2, 0.25) is 0 Å². The molecule has 0 radical (unpaired) electrons. The van der Waals surface area contributed by atoms with Crippen LogP contribution in [0.5, 0.6) is 5.75 Å². The Balaban J connectivity index is 2.32. The Labute approximate surface area is 87.7 Å². The van der Waals surface area contributed by atoms with Crippen molar-refractivity contribution in [3.8, 4) is 5.75 Å². The third kappa shape index (κ3) is 3.76. The van der Waals surface area contributed by atoms with Crippen LogP contribution in [-0.4, -0.2) is 19.6 Å². The highest BCUT2D eigenvalue weighted by Crippen LogP contribution is 2.19. The minimum Gasteiger partial charge on any atom is -0.455 e. The third-order valence-corrected chi connectivity index (χ3v) is 1.57. The van der Waals surface area contributed by atoms with Crippen LogP contribution in [0.15, 0.2) is 24.3 Å². The predicted molar refractivity (Wildman–Crippen MR) is 54.5 cm³/mol. The Morgan fingerprint density at radius 2 is 2.07 bits per heavy atom. The quantitative estimate of drug-likeness (QED) is 0.467. The third-order valence-electron chi connectivity index (χ3n) is 1.57. The largest absolute Gasteiger partial charge is 0.511 e. The van der Waals surface area contributed by atoms with Crippen LogP contribution in [0.1, 0.15) is 6.92 Å². The molecule has 0 saturated carbocycles. The zero-order valence-corrected chi connectivity index (χ0v) is 8.43. The van der Waals surface area contributed by atoms with E-state index >= 15 is 0 Å². The maximum Gasteiger partial charge on any atom is 0.511 e. The second-order valence-corrected chi connectivity index (χ2v) is 2.63. The lowest BCUT2D eigenvalue weighted by Crippen LogP contribution is -2.12. The van der Waals surface area contributed by atoms with Crippen molar-refractivity contribution in [1.82, 2.24) is 0 Å². The van der Waals surface area contributed by atoms with Gasteiger partial charge in [-0.2, -0.15) is 0 Å². The van der Waals surface area contributed by atoms with Crippen LogP contribution in [0, 0.1) is 0 Å². The first-order valence-electron chi connectivity index (χ1n) is 4.51. The number of anilines is 1. The molecule has 0 aliphatic heterocycles. The Hall–Kier alpha value is -1.91. The van der Waals surface area contributed by atoms with Crippen LogP contribution in [0.25, 0.3) is 0 Å². The molecule has 1 aromatic carbocycles. The van der Waals surface area contributed by atoms with Gasteiger partial charge < -0.3 is 19.9 Å². The second kappa shape index (κ2) is 5.74. The fourth-order valence-electron chi connectivity index (χ4n) is 0.913. The maximum absolute atomic E-state index is 10.8. The van der Waals surface area contributed by atoms with Crippen molar-refractivity contribution >= 4 is 11.8 Å². The van der Waals surface area contributed by atoms with Crippen molar-refractivity contribution in [2.24, 2.45) is 0 Å².